The topological polar surface area (TPSA) is 43.8 Å². The molecule has 16 heavy (non-hydrogen) atoms. The van der Waals surface area contributed by atoms with Crippen LogP contribution in [0.4, 0.5) is 0 Å². The van der Waals surface area contributed by atoms with Crippen molar-refractivity contribution in [3.8, 4) is 0 Å². The van der Waals surface area contributed by atoms with E-state index in [2.05, 4.69) is 21.0 Å². The molecule has 2 N–H and O–H groups in total. The lowest BCUT2D eigenvalue weighted by molar-refractivity contribution is 0.673. The molecule has 0 spiro atoms. The predicted molar refractivity (Wildman–Crippen MR) is 68.4 cm³/mol. The molecular formula is C11H11BrClN3. The molecule has 5 heteroatoms. The van der Waals surface area contributed by atoms with Gasteiger partial charge in [0.1, 0.15) is 0 Å². The van der Waals surface area contributed by atoms with E-state index in [0.29, 0.717) is 5.02 Å². The minimum atomic E-state index is -0.220. The third-order valence-corrected chi connectivity index (χ3v) is 3.10. The Morgan fingerprint density at radius 1 is 1.44 bits per heavy atom. The van der Waals surface area contributed by atoms with Crippen LogP contribution < -0.4 is 5.73 Å². The average molecular weight is 301 g/mol. The molecule has 84 valence electrons. The van der Waals surface area contributed by atoms with Crippen LogP contribution in [-0.4, -0.2) is 9.78 Å². The number of benzene rings is 1. The zero-order chi connectivity index (χ0) is 11.7. The van der Waals surface area contributed by atoms with E-state index in [1.165, 1.54) is 0 Å². The summed E-state index contributed by atoms with van der Waals surface area (Å²) < 4.78 is 2.69. The second kappa shape index (κ2) is 4.57. The SMILES string of the molecule is Cn1nccc1C(N)c1cc(Cl)cc(Br)c1. The molecule has 2 aromatic rings. The minimum Gasteiger partial charge on any atom is -0.319 e. The number of aryl methyl sites for hydroxylation is 1. The first-order chi connectivity index (χ1) is 7.58. The van der Waals surface area contributed by atoms with Gasteiger partial charge in [0.05, 0.1) is 11.7 Å². The molecule has 1 aromatic carbocycles. The van der Waals surface area contributed by atoms with Crippen LogP contribution in [0.5, 0.6) is 0 Å². The van der Waals surface area contributed by atoms with Gasteiger partial charge in [-0.15, -0.1) is 0 Å². The van der Waals surface area contributed by atoms with Crippen molar-refractivity contribution >= 4 is 27.5 Å². The number of rotatable bonds is 2. The van der Waals surface area contributed by atoms with E-state index >= 15 is 0 Å². The molecule has 0 saturated carbocycles. The third-order valence-electron chi connectivity index (χ3n) is 2.42. The van der Waals surface area contributed by atoms with Gasteiger partial charge in [-0.25, -0.2) is 0 Å². The van der Waals surface area contributed by atoms with E-state index in [9.17, 15) is 0 Å². The van der Waals surface area contributed by atoms with E-state index in [1.807, 2.05) is 31.3 Å². The molecule has 1 atom stereocenters. The van der Waals surface area contributed by atoms with Crippen LogP contribution in [-0.2, 0) is 7.05 Å². The first-order valence-electron chi connectivity index (χ1n) is 4.77. The maximum absolute atomic E-state index is 6.16. The molecule has 0 aliphatic heterocycles. The normalized spacial score (nSPS) is 12.8. The van der Waals surface area contributed by atoms with Crippen LogP contribution in [0.15, 0.2) is 34.9 Å². The molecule has 1 aromatic heterocycles. The van der Waals surface area contributed by atoms with Gasteiger partial charge < -0.3 is 5.73 Å². The highest BCUT2D eigenvalue weighted by Gasteiger charge is 2.13. The van der Waals surface area contributed by atoms with E-state index in [0.717, 1.165) is 15.7 Å². The highest BCUT2D eigenvalue weighted by Crippen LogP contribution is 2.26. The van der Waals surface area contributed by atoms with E-state index in [4.69, 9.17) is 17.3 Å². The largest absolute Gasteiger partial charge is 0.319 e. The maximum atomic E-state index is 6.16. The second-order valence-electron chi connectivity index (χ2n) is 3.56. The summed E-state index contributed by atoms with van der Waals surface area (Å²) in [7, 11) is 1.87. The fourth-order valence-electron chi connectivity index (χ4n) is 1.61. The van der Waals surface area contributed by atoms with Crippen molar-refractivity contribution in [3.63, 3.8) is 0 Å². The van der Waals surface area contributed by atoms with Gasteiger partial charge in [-0.3, -0.25) is 4.68 Å². The maximum Gasteiger partial charge on any atom is 0.0724 e. The fourth-order valence-corrected chi connectivity index (χ4v) is 2.50. The third kappa shape index (κ3) is 2.29. The molecule has 1 heterocycles. The number of hydrogen-bond donors (Lipinski definition) is 1. The molecule has 3 nitrogen and oxygen atoms in total. The summed E-state index contributed by atoms with van der Waals surface area (Å²) in [6.45, 7) is 0. The zero-order valence-corrected chi connectivity index (χ0v) is 11.0. The molecule has 0 amide bonds. The predicted octanol–water partition coefficient (Wildman–Crippen LogP) is 2.88. The summed E-state index contributed by atoms with van der Waals surface area (Å²) in [6, 6.07) is 7.34. The summed E-state index contributed by atoms with van der Waals surface area (Å²) in [6.07, 6.45) is 1.73. The van der Waals surface area contributed by atoms with Crippen molar-refractivity contribution < 1.29 is 0 Å². The van der Waals surface area contributed by atoms with E-state index in [1.54, 1.807) is 10.9 Å². The molecule has 0 aliphatic carbocycles. The summed E-state index contributed by atoms with van der Waals surface area (Å²) in [4.78, 5) is 0. The Hall–Kier alpha value is -0.840. The first-order valence-corrected chi connectivity index (χ1v) is 5.94. The van der Waals surface area contributed by atoms with Gasteiger partial charge in [0, 0.05) is 22.7 Å². The van der Waals surface area contributed by atoms with Crippen LogP contribution in [0.25, 0.3) is 0 Å². The minimum absolute atomic E-state index is 0.220. The summed E-state index contributed by atoms with van der Waals surface area (Å²) in [5.74, 6) is 0. The monoisotopic (exact) mass is 299 g/mol. The highest BCUT2D eigenvalue weighted by atomic mass is 79.9. The Bertz CT molecular complexity index is 489. The Morgan fingerprint density at radius 3 is 2.75 bits per heavy atom. The Kier molecular flexibility index (Phi) is 3.33. The smallest absolute Gasteiger partial charge is 0.0724 e. The van der Waals surface area contributed by atoms with Gasteiger partial charge in [0.15, 0.2) is 0 Å². The lowest BCUT2D eigenvalue weighted by Crippen LogP contribution is -2.15. The van der Waals surface area contributed by atoms with Crippen LogP contribution in [0, 0.1) is 0 Å². The van der Waals surface area contributed by atoms with Gasteiger partial charge in [0.2, 0.25) is 0 Å². The molecule has 0 radical (unpaired) electrons. The number of nitrogens with two attached hydrogens (primary N) is 1. The summed E-state index contributed by atoms with van der Waals surface area (Å²) >= 11 is 9.39. The van der Waals surface area contributed by atoms with Crippen LogP contribution in [0.2, 0.25) is 5.02 Å². The number of nitrogens with zero attached hydrogens (tertiary/aromatic N) is 2. The van der Waals surface area contributed by atoms with Gasteiger partial charge in [-0.2, -0.15) is 5.10 Å². The van der Waals surface area contributed by atoms with E-state index < -0.39 is 0 Å². The molecule has 2 rings (SSSR count). The lowest BCUT2D eigenvalue weighted by Gasteiger charge is -2.13. The van der Waals surface area contributed by atoms with E-state index in [-0.39, 0.29) is 6.04 Å². The first kappa shape index (κ1) is 11.6. The van der Waals surface area contributed by atoms with Crippen LogP contribution in [0.3, 0.4) is 0 Å². The zero-order valence-electron chi connectivity index (χ0n) is 8.69. The summed E-state index contributed by atoms with van der Waals surface area (Å²) in [5.41, 5.74) is 8.07. The van der Waals surface area contributed by atoms with Crippen molar-refractivity contribution in [2.24, 2.45) is 12.8 Å². The summed E-state index contributed by atoms with van der Waals surface area (Å²) in [5, 5.41) is 4.77. The van der Waals surface area contributed by atoms with Crippen molar-refractivity contribution in [3.05, 3.63) is 51.2 Å². The van der Waals surface area contributed by atoms with Crippen molar-refractivity contribution in [2.75, 3.05) is 0 Å². The van der Waals surface area contributed by atoms with Crippen molar-refractivity contribution in [1.29, 1.82) is 0 Å². The van der Waals surface area contributed by atoms with Gasteiger partial charge >= 0.3 is 0 Å². The molecule has 0 saturated heterocycles. The molecule has 0 fully saturated rings. The van der Waals surface area contributed by atoms with Crippen molar-refractivity contribution in [2.45, 2.75) is 6.04 Å². The highest BCUT2D eigenvalue weighted by molar-refractivity contribution is 9.10. The quantitative estimate of drug-likeness (QED) is 0.927. The van der Waals surface area contributed by atoms with Gasteiger partial charge in [-0.1, -0.05) is 27.5 Å². The Balaban J connectivity index is 2.41. The molecular weight excluding hydrogens is 289 g/mol. The fraction of sp³-hybridized carbons (Fsp3) is 0.182. The van der Waals surface area contributed by atoms with Gasteiger partial charge in [0.25, 0.3) is 0 Å². The standard InChI is InChI=1S/C11H11BrClN3/c1-16-10(2-3-15-16)11(14)7-4-8(12)6-9(13)5-7/h2-6,11H,14H2,1H3. The number of halogens is 2. The molecule has 0 aliphatic rings. The number of aromatic nitrogens is 2. The van der Waals surface area contributed by atoms with Gasteiger partial charge in [-0.05, 0) is 29.8 Å². The Morgan fingerprint density at radius 2 is 2.19 bits per heavy atom. The second-order valence-corrected chi connectivity index (χ2v) is 4.91. The molecule has 1 unspecified atom stereocenters. The lowest BCUT2D eigenvalue weighted by atomic mass is 10.1. The average Bonchev–Trinajstić information content (AvgIpc) is 2.62. The van der Waals surface area contributed by atoms with Crippen LogP contribution in [0.1, 0.15) is 17.3 Å². The van der Waals surface area contributed by atoms with Crippen LogP contribution >= 0.6 is 27.5 Å². The molecule has 0 bridgehead atoms. The number of hydrogen-bond acceptors (Lipinski definition) is 2. The van der Waals surface area contributed by atoms with Crippen molar-refractivity contribution in [1.82, 2.24) is 9.78 Å². The Labute approximate surface area is 107 Å².